The average molecular weight is 146 g/mol. The first-order valence-corrected chi connectivity index (χ1v) is 3.47. The third kappa shape index (κ3) is 0.917. The molecule has 0 aliphatic rings. The molecule has 1 aromatic carbocycles. The fourth-order valence-corrected chi connectivity index (χ4v) is 1.20. The lowest BCUT2D eigenvalue weighted by atomic mass is 10.2. The number of aromatic nitrogens is 1. The molecule has 55 valence electrons. The molecule has 0 aliphatic carbocycles. The third-order valence-corrected chi connectivity index (χ3v) is 1.77. The van der Waals surface area contributed by atoms with Gasteiger partial charge >= 0.3 is 0 Å². The summed E-state index contributed by atoms with van der Waals surface area (Å²) >= 11 is 0. The summed E-state index contributed by atoms with van der Waals surface area (Å²) in [5.41, 5.74) is 1.05. The second-order valence-corrected chi connectivity index (χ2v) is 2.41. The van der Waals surface area contributed by atoms with E-state index in [1.807, 2.05) is 30.5 Å². The molecule has 11 heavy (non-hydrogen) atoms. The van der Waals surface area contributed by atoms with Gasteiger partial charge in [-0.25, -0.2) is 0 Å². The van der Waals surface area contributed by atoms with E-state index in [1.165, 1.54) is 0 Å². The van der Waals surface area contributed by atoms with Crippen LogP contribution in [0.5, 0.6) is 0 Å². The van der Waals surface area contributed by atoms with Gasteiger partial charge in [-0.2, -0.15) is 0 Å². The molecule has 2 rings (SSSR count). The van der Waals surface area contributed by atoms with Crippen molar-refractivity contribution >= 4 is 10.9 Å². The standard InChI is InChI=1S/C9H8NO/c11-7-10-6-5-8-3-1-2-4-9(8)10/h2-6,11H,7H2. The summed E-state index contributed by atoms with van der Waals surface area (Å²) in [4.78, 5) is 0. The Labute approximate surface area is 64.7 Å². The van der Waals surface area contributed by atoms with Crippen LogP contribution in [0.4, 0.5) is 0 Å². The van der Waals surface area contributed by atoms with Crippen molar-refractivity contribution in [1.82, 2.24) is 4.57 Å². The molecule has 1 radical (unpaired) electrons. The average Bonchev–Trinajstić information content (AvgIpc) is 2.47. The fourth-order valence-electron chi connectivity index (χ4n) is 1.20. The van der Waals surface area contributed by atoms with Gasteiger partial charge in [0.1, 0.15) is 6.73 Å². The van der Waals surface area contributed by atoms with E-state index in [9.17, 15) is 0 Å². The van der Waals surface area contributed by atoms with Gasteiger partial charge in [0.15, 0.2) is 0 Å². The van der Waals surface area contributed by atoms with Gasteiger partial charge in [0.25, 0.3) is 0 Å². The summed E-state index contributed by atoms with van der Waals surface area (Å²) < 4.78 is 1.78. The number of aliphatic hydroxyl groups is 1. The van der Waals surface area contributed by atoms with Crippen LogP contribution in [-0.2, 0) is 6.73 Å². The Morgan fingerprint density at radius 3 is 3.18 bits per heavy atom. The maximum Gasteiger partial charge on any atom is 0.119 e. The largest absolute Gasteiger partial charge is 0.376 e. The maximum absolute atomic E-state index is 8.88. The molecule has 0 bridgehead atoms. The summed E-state index contributed by atoms with van der Waals surface area (Å²) in [6.07, 6.45) is 1.86. The van der Waals surface area contributed by atoms with Crippen molar-refractivity contribution in [1.29, 1.82) is 0 Å². The molecule has 0 spiro atoms. The van der Waals surface area contributed by atoms with Gasteiger partial charge in [-0.15, -0.1) is 0 Å². The second kappa shape index (κ2) is 2.40. The Balaban J connectivity index is 2.76. The first-order valence-electron chi connectivity index (χ1n) is 3.47. The highest BCUT2D eigenvalue weighted by molar-refractivity contribution is 5.79. The molecule has 0 aliphatic heterocycles. The van der Waals surface area contributed by atoms with Crippen LogP contribution in [0.25, 0.3) is 10.9 Å². The highest BCUT2D eigenvalue weighted by Gasteiger charge is 1.95. The molecule has 0 saturated carbocycles. The quantitative estimate of drug-likeness (QED) is 0.646. The summed E-state index contributed by atoms with van der Waals surface area (Å²) in [5, 5.41) is 9.99. The van der Waals surface area contributed by atoms with Crippen molar-refractivity contribution in [2.24, 2.45) is 0 Å². The molecular weight excluding hydrogens is 138 g/mol. The Morgan fingerprint density at radius 1 is 1.45 bits per heavy atom. The minimum atomic E-state index is 0.0352. The lowest BCUT2D eigenvalue weighted by Crippen LogP contribution is -1.92. The Kier molecular flexibility index (Phi) is 1.40. The molecule has 2 heteroatoms. The molecule has 0 unspecified atom stereocenters. The van der Waals surface area contributed by atoms with Gasteiger partial charge in [-0.3, -0.25) is 0 Å². The van der Waals surface area contributed by atoms with Gasteiger partial charge in [0.05, 0.1) is 0 Å². The fraction of sp³-hybridized carbons (Fsp3) is 0.111. The topological polar surface area (TPSA) is 25.2 Å². The molecule has 0 amide bonds. The minimum Gasteiger partial charge on any atom is -0.376 e. The number of rotatable bonds is 1. The molecule has 1 N–H and O–H groups in total. The lowest BCUT2D eigenvalue weighted by molar-refractivity contribution is 0.215. The highest BCUT2D eigenvalue weighted by atomic mass is 16.3. The molecule has 2 aromatic rings. The van der Waals surface area contributed by atoms with Crippen LogP contribution in [0, 0.1) is 6.07 Å². The van der Waals surface area contributed by atoms with Crippen LogP contribution >= 0.6 is 0 Å². The van der Waals surface area contributed by atoms with Crippen LogP contribution in [-0.4, -0.2) is 9.67 Å². The van der Waals surface area contributed by atoms with Crippen molar-refractivity contribution in [3.63, 3.8) is 0 Å². The third-order valence-electron chi connectivity index (χ3n) is 1.77. The molecule has 0 atom stereocenters. The zero-order chi connectivity index (χ0) is 7.68. The van der Waals surface area contributed by atoms with E-state index in [1.54, 1.807) is 4.57 Å². The van der Waals surface area contributed by atoms with E-state index in [-0.39, 0.29) is 6.73 Å². The van der Waals surface area contributed by atoms with Crippen LogP contribution in [0.15, 0.2) is 30.5 Å². The Morgan fingerprint density at radius 2 is 2.36 bits per heavy atom. The number of aliphatic hydroxyl groups excluding tert-OH is 1. The smallest absolute Gasteiger partial charge is 0.119 e. The first kappa shape index (κ1) is 6.43. The Hall–Kier alpha value is -1.28. The summed E-state index contributed by atoms with van der Waals surface area (Å²) in [7, 11) is 0. The highest BCUT2D eigenvalue weighted by Crippen LogP contribution is 2.13. The Bertz CT molecular complexity index is 364. The lowest BCUT2D eigenvalue weighted by Gasteiger charge is -1.97. The van der Waals surface area contributed by atoms with E-state index < -0.39 is 0 Å². The first-order chi connectivity index (χ1) is 5.42. The van der Waals surface area contributed by atoms with E-state index in [2.05, 4.69) is 6.07 Å². The molecular formula is C9H8NO. The summed E-state index contributed by atoms with van der Waals surface area (Å²) in [6.45, 7) is 0.0352. The van der Waals surface area contributed by atoms with Gasteiger partial charge in [0, 0.05) is 17.1 Å². The van der Waals surface area contributed by atoms with Gasteiger partial charge < -0.3 is 9.67 Å². The van der Waals surface area contributed by atoms with Crippen molar-refractivity contribution in [2.75, 3.05) is 0 Å². The van der Waals surface area contributed by atoms with Crippen LogP contribution in [0.2, 0.25) is 0 Å². The zero-order valence-corrected chi connectivity index (χ0v) is 5.99. The minimum absolute atomic E-state index is 0.0352. The number of nitrogens with zero attached hydrogens (tertiary/aromatic N) is 1. The molecule has 2 nitrogen and oxygen atoms in total. The molecule has 0 saturated heterocycles. The number of hydrogen-bond acceptors (Lipinski definition) is 1. The van der Waals surface area contributed by atoms with Crippen LogP contribution < -0.4 is 0 Å². The number of hydrogen-bond donors (Lipinski definition) is 1. The van der Waals surface area contributed by atoms with Crippen molar-refractivity contribution in [3.8, 4) is 0 Å². The molecule has 1 aromatic heterocycles. The van der Waals surface area contributed by atoms with Crippen LogP contribution in [0.3, 0.4) is 0 Å². The zero-order valence-electron chi connectivity index (χ0n) is 5.99. The van der Waals surface area contributed by atoms with Gasteiger partial charge in [-0.1, -0.05) is 6.07 Å². The summed E-state index contributed by atoms with van der Waals surface area (Å²) in [6, 6.07) is 10.6. The maximum atomic E-state index is 8.88. The second-order valence-electron chi connectivity index (χ2n) is 2.41. The van der Waals surface area contributed by atoms with Crippen molar-refractivity contribution in [3.05, 3.63) is 36.5 Å². The normalized spacial score (nSPS) is 10.6. The monoisotopic (exact) mass is 146 g/mol. The van der Waals surface area contributed by atoms with Crippen molar-refractivity contribution in [2.45, 2.75) is 6.73 Å². The SMILES string of the molecule is OCn1ccc2c[c]ccc21. The van der Waals surface area contributed by atoms with Crippen LogP contribution in [0.1, 0.15) is 0 Å². The predicted octanol–water partition coefficient (Wildman–Crippen LogP) is 1.39. The van der Waals surface area contributed by atoms with E-state index in [0.29, 0.717) is 0 Å². The molecule has 1 heterocycles. The van der Waals surface area contributed by atoms with E-state index in [4.69, 9.17) is 5.11 Å². The van der Waals surface area contributed by atoms with Gasteiger partial charge in [0.2, 0.25) is 0 Å². The van der Waals surface area contributed by atoms with E-state index >= 15 is 0 Å². The van der Waals surface area contributed by atoms with Gasteiger partial charge in [-0.05, 0) is 24.3 Å². The molecule has 0 fully saturated rings. The predicted molar refractivity (Wildman–Crippen MR) is 43.0 cm³/mol. The van der Waals surface area contributed by atoms with E-state index in [0.717, 1.165) is 10.9 Å². The summed E-state index contributed by atoms with van der Waals surface area (Å²) in [5.74, 6) is 0. The van der Waals surface area contributed by atoms with Crippen molar-refractivity contribution < 1.29 is 5.11 Å². The number of fused-ring (bicyclic) bond motifs is 1. The number of benzene rings is 1.